The number of hydrogen-bond acceptors (Lipinski definition) is 2. The predicted molar refractivity (Wildman–Crippen MR) is 48.4 cm³/mol. The van der Waals surface area contributed by atoms with Gasteiger partial charge in [0, 0.05) is 4.90 Å². The zero-order valence-corrected chi connectivity index (χ0v) is 7.19. The van der Waals surface area contributed by atoms with Gasteiger partial charge in [0.25, 0.3) is 0 Å². The van der Waals surface area contributed by atoms with Gasteiger partial charge in [-0.1, -0.05) is 17.7 Å². The average Bonchev–Trinajstić information content (AvgIpc) is 1.97. The van der Waals surface area contributed by atoms with Gasteiger partial charge in [0.05, 0.1) is 10.7 Å². The van der Waals surface area contributed by atoms with Crippen molar-refractivity contribution in [1.82, 2.24) is 0 Å². The van der Waals surface area contributed by atoms with E-state index in [0.29, 0.717) is 22.0 Å². The third-order valence-electron chi connectivity index (χ3n) is 1.19. The Bertz CT molecular complexity index is 257. The molecule has 0 aliphatic heterocycles. The Hall–Kier alpha value is -0.670. The zero-order valence-electron chi connectivity index (χ0n) is 5.54. The van der Waals surface area contributed by atoms with E-state index in [4.69, 9.17) is 11.6 Å². The highest BCUT2D eigenvalue weighted by atomic mass is 35.5. The number of nitrogens with one attached hydrogen (secondary N) is 1. The normalized spacial score (nSPS) is 9.27. The van der Waals surface area contributed by atoms with Crippen LogP contribution >= 0.6 is 24.2 Å². The molecule has 0 saturated heterocycles. The standard InChI is InChI=1S/C7H6ClNOS/c8-5-2-1-3-6(11)7(5)9-4-10/h1-4,11H,(H,9,10). The van der Waals surface area contributed by atoms with Crippen molar-refractivity contribution in [3.8, 4) is 0 Å². The van der Waals surface area contributed by atoms with Crippen LogP contribution in [0.3, 0.4) is 0 Å². The van der Waals surface area contributed by atoms with Crippen LogP contribution in [0.2, 0.25) is 5.02 Å². The fourth-order valence-electron chi connectivity index (χ4n) is 0.715. The molecule has 1 rings (SSSR count). The van der Waals surface area contributed by atoms with E-state index >= 15 is 0 Å². The number of halogens is 1. The molecule has 1 N–H and O–H groups in total. The topological polar surface area (TPSA) is 29.1 Å². The molecule has 0 bridgehead atoms. The Kier molecular flexibility index (Phi) is 2.79. The van der Waals surface area contributed by atoms with Gasteiger partial charge >= 0.3 is 0 Å². The van der Waals surface area contributed by atoms with Crippen molar-refractivity contribution >= 4 is 36.3 Å². The molecule has 0 saturated carbocycles. The van der Waals surface area contributed by atoms with Crippen molar-refractivity contribution in [1.29, 1.82) is 0 Å². The minimum atomic E-state index is 0.490. The molecule has 4 heteroatoms. The maximum atomic E-state index is 10.1. The third kappa shape index (κ3) is 1.88. The molecular formula is C7H6ClNOS. The van der Waals surface area contributed by atoms with Crippen LogP contribution in [-0.4, -0.2) is 6.41 Å². The Morgan fingerprint density at radius 1 is 1.55 bits per heavy atom. The van der Waals surface area contributed by atoms with E-state index in [2.05, 4.69) is 17.9 Å². The Labute approximate surface area is 75.0 Å². The summed E-state index contributed by atoms with van der Waals surface area (Å²) in [5.74, 6) is 0. The number of carbonyl (C=O) groups excluding carboxylic acids is 1. The molecule has 1 aromatic rings. The van der Waals surface area contributed by atoms with Crippen LogP contribution in [0.25, 0.3) is 0 Å². The summed E-state index contributed by atoms with van der Waals surface area (Å²) in [7, 11) is 0. The molecule has 0 unspecified atom stereocenters. The van der Waals surface area contributed by atoms with Crippen LogP contribution in [0, 0.1) is 0 Å². The molecule has 0 radical (unpaired) electrons. The summed E-state index contributed by atoms with van der Waals surface area (Å²) < 4.78 is 0. The molecule has 0 aromatic heterocycles. The molecule has 1 amide bonds. The number of thiol groups is 1. The monoisotopic (exact) mass is 187 g/mol. The van der Waals surface area contributed by atoms with Gasteiger partial charge in [0.2, 0.25) is 6.41 Å². The summed E-state index contributed by atoms with van der Waals surface area (Å²) in [5, 5.41) is 2.95. The molecule has 0 heterocycles. The lowest BCUT2D eigenvalue weighted by Gasteiger charge is -2.03. The molecular weight excluding hydrogens is 182 g/mol. The molecule has 1 aromatic carbocycles. The summed E-state index contributed by atoms with van der Waals surface area (Å²) in [6, 6.07) is 5.20. The van der Waals surface area contributed by atoms with Gasteiger partial charge in [-0.25, -0.2) is 0 Å². The lowest BCUT2D eigenvalue weighted by molar-refractivity contribution is -0.105. The van der Waals surface area contributed by atoms with Crippen LogP contribution < -0.4 is 5.32 Å². The van der Waals surface area contributed by atoms with Gasteiger partial charge in [0.15, 0.2) is 0 Å². The summed E-state index contributed by atoms with van der Waals surface area (Å²) in [6.45, 7) is 0. The Morgan fingerprint density at radius 3 is 2.82 bits per heavy atom. The first-order valence-electron chi connectivity index (χ1n) is 2.93. The van der Waals surface area contributed by atoms with E-state index in [0.717, 1.165) is 0 Å². The maximum absolute atomic E-state index is 10.1. The van der Waals surface area contributed by atoms with E-state index in [1.807, 2.05) is 0 Å². The van der Waals surface area contributed by atoms with Gasteiger partial charge in [0.1, 0.15) is 0 Å². The summed E-state index contributed by atoms with van der Waals surface area (Å²) >= 11 is 9.83. The minimum absolute atomic E-state index is 0.490. The first-order chi connectivity index (χ1) is 5.25. The molecule has 58 valence electrons. The molecule has 0 aliphatic carbocycles. The van der Waals surface area contributed by atoms with Gasteiger partial charge in [-0.05, 0) is 12.1 Å². The molecule has 0 atom stereocenters. The largest absolute Gasteiger partial charge is 0.326 e. The van der Waals surface area contributed by atoms with Crippen molar-refractivity contribution in [3.63, 3.8) is 0 Å². The van der Waals surface area contributed by atoms with Crippen molar-refractivity contribution in [3.05, 3.63) is 23.2 Å². The first-order valence-corrected chi connectivity index (χ1v) is 3.76. The van der Waals surface area contributed by atoms with E-state index in [9.17, 15) is 4.79 Å². The fourth-order valence-corrected chi connectivity index (χ4v) is 1.28. The highest BCUT2D eigenvalue weighted by Crippen LogP contribution is 2.27. The molecule has 0 fully saturated rings. The van der Waals surface area contributed by atoms with Gasteiger partial charge in [-0.2, -0.15) is 0 Å². The predicted octanol–water partition coefficient (Wildman–Crippen LogP) is 2.20. The third-order valence-corrected chi connectivity index (χ3v) is 1.88. The van der Waals surface area contributed by atoms with Crippen LogP contribution in [-0.2, 0) is 4.79 Å². The number of benzene rings is 1. The maximum Gasteiger partial charge on any atom is 0.211 e. The number of hydrogen-bond donors (Lipinski definition) is 2. The summed E-state index contributed by atoms with van der Waals surface area (Å²) in [4.78, 5) is 10.7. The summed E-state index contributed by atoms with van der Waals surface area (Å²) in [5.41, 5.74) is 0.549. The molecule has 0 spiro atoms. The SMILES string of the molecule is O=CNc1c(S)cccc1Cl. The lowest BCUT2D eigenvalue weighted by Crippen LogP contribution is -1.95. The second kappa shape index (κ2) is 3.64. The van der Waals surface area contributed by atoms with E-state index in [1.165, 1.54) is 0 Å². The molecule has 0 aliphatic rings. The smallest absolute Gasteiger partial charge is 0.211 e. The minimum Gasteiger partial charge on any atom is -0.326 e. The van der Waals surface area contributed by atoms with Gasteiger partial charge in [-0.3, -0.25) is 4.79 Å². The van der Waals surface area contributed by atoms with Crippen molar-refractivity contribution < 1.29 is 4.79 Å². The number of carbonyl (C=O) groups is 1. The van der Waals surface area contributed by atoms with Crippen LogP contribution in [0.15, 0.2) is 23.1 Å². The molecule has 11 heavy (non-hydrogen) atoms. The number of rotatable bonds is 2. The fraction of sp³-hybridized carbons (Fsp3) is 0. The highest BCUT2D eigenvalue weighted by Gasteiger charge is 2.00. The zero-order chi connectivity index (χ0) is 8.27. The second-order valence-corrected chi connectivity index (χ2v) is 2.79. The Morgan fingerprint density at radius 2 is 2.27 bits per heavy atom. The van der Waals surface area contributed by atoms with Crippen LogP contribution in [0.4, 0.5) is 5.69 Å². The van der Waals surface area contributed by atoms with Crippen molar-refractivity contribution in [2.45, 2.75) is 4.90 Å². The van der Waals surface area contributed by atoms with E-state index in [-0.39, 0.29) is 0 Å². The molecule has 2 nitrogen and oxygen atoms in total. The highest BCUT2D eigenvalue weighted by molar-refractivity contribution is 7.80. The number of amides is 1. The van der Waals surface area contributed by atoms with Gasteiger partial charge in [-0.15, -0.1) is 12.6 Å². The quantitative estimate of drug-likeness (QED) is 0.540. The lowest BCUT2D eigenvalue weighted by atomic mass is 10.3. The first kappa shape index (κ1) is 8.43. The van der Waals surface area contributed by atoms with E-state index < -0.39 is 0 Å². The number of para-hydroxylation sites is 1. The summed E-state index contributed by atoms with van der Waals surface area (Å²) in [6.07, 6.45) is 0.570. The van der Waals surface area contributed by atoms with Crippen molar-refractivity contribution in [2.75, 3.05) is 5.32 Å². The number of anilines is 1. The van der Waals surface area contributed by atoms with Gasteiger partial charge < -0.3 is 5.32 Å². The second-order valence-electron chi connectivity index (χ2n) is 1.90. The van der Waals surface area contributed by atoms with Crippen LogP contribution in [0.1, 0.15) is 0 Å². The Balaban J connectivity index is 3.09. The van der Waals surface area contributed by atoms with Crippen molar-refractivity contribution in [2.24, 2.45) is 0 Å². The van der Waals surface area contributed by atoms with Crippen LogP contribution in [0.5, 0.6) is 0 Å². The van der Waals surface area contributed by atoms with E-state index in [1.54, 1.807) is 18.2 Å². The average molecular weight is 188 g/mol.